The van der Waals surface area contributed by atoms with Crippen LogP contribution in [0, 0.1) is 16.7 Å². The molecule has 2 atom stereocenters. The van der Waals surface area contributed by atoms with E-state index in [1.807, 2.05) is 0 Å². The van der Waals surface area contributed by atoms with Crippen LogP contribution in [0.5, 0.6) is 0 Å². The minimum Gasteiger partial charge on any atom is -0.395 e. The highest BCUT2D eigenvalue weighted by Crippen LogP contribution is 2.66. The monoisotopic (exact) mass is 223 g/mol. The lowest BCUT2D eigenvalue weighted by molar-refractivity contribution is -0.118. The van der Waals surface area contributed by atoms with E-state index in [2.05, 4.69) is 19.2 Å². The first-order chi connectivity index (χ1) is 7.47. The van der Waals surface area contributed by atoms with Crippen molar-refractivity contribution in [2.24, 2.45) is 16.7 Å². The molecular formula is C14H25NO. The van der Waals surface area contributed by atoms with E-state index in [4.69, 9.17) is 5.11 Å². The summed E-state index contributed by atoms with van der Waals surface area (Å²) in [6.45, 7) is 6.04. The molecule has 4 saturated carbocycles. The minimum absolute atomic E-state index is 0.278. The van der Waals surface area contributed by atoms with Gasteiger partial charge in [0.25, 0.3) is 0 Å². The highest BCUT2D eigenvalue weighted by molar-refractivity contribution is 5.14. The van der Waals surface area contributed by atoms with Crippen LogP contribution < -0.4 is 5.32 Å². The Morgan fingerprint density at radius 1 is 1.06 bits per heavy atom. The molecule has 4 rings (SSSR count). The van der Waals surface area contributed by atoms with Crippen molar-refractivity contribution < 1.29 is 5.11 Å². The Hall–Kier alpha value is -0.0800. The Morgan fingerprint density at radius 3 is 2.19 bits per heavy atom. The second-order valence-electron chi connectivity index (χ2n) is 7.56. The number of aliphatic hydroxyl groups is 1. The number of β-amino-alcohol motifs (C(OH)–C–C–N with tert-alkyl or cyclic N) is 1. The van der Waals surface area contributed by atoms with Crippen LogP contribution in [0.1, 0.15) is 52.4 Å². The van der Waals surface area contributed by atoms with Crippen LogP contribution in [0.4, 0.5) is 0 Å². The summed E-state index contributed by atoms with van der Waals surface area (Å²) in [6, 6.07) is 0. The van der Waals surface area contributed by atoms with Gasteiger partial charge in [0.1, 0.15) is 0 Å². The van der Waals surface area contributed by atoms with Gasteiger partial charge in [-0.05, 0) is 55.3 Å². The van der Waals surface area contributed by atoms with Gasteiger partial charge in [0, 0.05) is 12.1 Å². The maximum Gasteiger partial charge on any atom is 0.0556 e. The Balaban J connectivity index is 1.86. The van der Waals surface area contributed by atoms with Gasteiger partial charge in [0.05, 0.1) is 6.61 Å². The normalized spacial score (nSPS) is 54.6. The van der Waals surface area contributed by atoms with E-state index in [0.29, 0.717) is 16.4 Å². The largest absolute Gasteiger partial charge is 0.395 e. The van der Waals surface area contributed by atoms with E-state index in [1.165, 1.54) is 38.5 Å². The Kier molecular flexibility index (Phi) is 2.23. The van der Waals surface area contributed by atoms with Crippen molar-refractivity contribution >= 4 is 0 Å². The molecule has 0 aromatic heterocycles. The van der Waals surface area contributed by atoms with Crippen LogP contribution in [0.15, 0.2) is 0 Å². The van der Waals surface area contributed by atoms with E-state index >= 15 is 0 Å². The van der Waals surface area contributed by atoms with E-state index in [1.54, 1.807) is 0 Å². The van der Waals surface area contributed by atoms with Gasteiger partial charge < -0.3 is 10.4 Å². The van der Waals surface area contributed by atoms with E-state index in [0.717, 1.165) is 12.5 Å². The zero-order valence-corrected chi connectivity index (χ0v) is 10.7. The predicted molar refractivity (Wildman–Crippen MR) is 65.2 cm³/mol. The molecule has 4 aliphatic rings. The minimum atomic E-state index is 0.278. The Morgan fingerprint density at radius 2 is 1.69 bits per heavy atom. The second-order valence-corrected chi connectivity index (χ2v) is 7.56. The molecule has 2 N–H and O–H groups in total. The van der Waals surface area contributed by atoms with Gasteiger partial charge >= 0.3 is 0 Å². The van der Waals surface area contributed by atoms with Crippen molar-refractivity contribution in [2.75, 3.05) is 13.2 Å². The fourth-order valence-corrected chi connectivity index (χ4v) is 5.97. The molecule has 0 spiro atoms. The third-order valence-corrected chi connectivity index (χ3v) is 5.24. The van der Waals surface area contributed by atoms with Gasteiger partial charge in [-0.3, -0.25) is 0 Å². The van der Waals surface area contributed by atoms with Gasteiger partial charge in [-0.2, -0.15) is 0 Å². The highest BCUT2D eigenvalue weighted by Gasteiger charge is 2.59. The van der Waals surface area contributed by atoms with E-state index in [9.17, 15) is 0 Å². The van der Waals surface area contributed by atoms with E-state index in [-0.39, 0.29) is 6.61 Å². The maximum absolute atomic E-state index is 9.03. The fraction of sp³-hybridized carbons (Fsp3) is 1.00. The molecule has 92 valence electrons. The summed E-state index contributed by atoms with van der Waals surface area (Å²) in [4.78, 5) is 0. The summed E-state index contributed by atoms with van der Waals surface area (Å²) in [6.07, 6.45) is 8.37. The first kappa shape index (κ1) is 11.0. The molecule has 0 amide bonds. The summed E-state index contributed by atoms with van der Waals surface area (Å²) in [5.74, 6) is 0.942. The SMILES string of the molecule is C[C@@]12CC3CC(NCCO)(C1)C[C@@](C)(C3)C2. The summed E-state index contributed by atoms with van der Waals surface area (Å²) in [7, 11) is 0. The Bertz CT molecular complexity index is 283. The highest BCUT2D eigenvalue weighted by atomic mass is 16.3. The Labute approximate surface area is 98.8 Å². The van der Waals surface area contributed by atoms with E-state index < -0.39 is 0 Å². The predicted octanol–water partition coefficient (Wildman–Crippen LogP) is 2.32. The van der Waals surface area contributed by atoms with Crippen LogP contribution in [-0.2, 0) is 0 Å². The lowest BCUT2D eigenvalue weighted by Crippen LogP contribution is -2.64. The lowest BCUT2D eigenvalue weighted by Gasteiger charge is -2.65. The van der Waals surface area contributed by atoms with Crippen molar-refractivity contribution in [3.05, 3.63) is 0 Å². The molecule has 2 nitrogen and oxygen atoms in total. The van der Waals surface area contributed by atoms with Gasteiger partial charge in [0.15, 0.2) is 0 Å². The van der Waals surface area contributed by atoms with Gasteiger partial charge in [-0.15, -0.1) is 0 Å². The molecular weight excluding hydrogens is 198 g/mol. The number of rotatable bonds is 3. The number of nitrogens with one attached hydrogen (secondary N) is 1. The molecule has 0 aliphatic heterocycles. The van der Waals surface area contributed by atoms with Crippen LogP contribution in [0.3, 0.4) is 0 Å². The van der Waals surface area contributed by atoms with Crippen LogP contribution in [0.2, 0.25) is 0 Å². The average molecular weight is 223 g/mol. The first-order valence-electron chi connectivity index (χ1n) is 6.83. The van der Waals surface area contributed by atoms with Crippen molar-refractivity contribution in [3.63, 3.8) is 0 Å². The van der Waals surface area contributed by atoms with Crippen molar-refractivity contribution in [2.45, 2.75) is 57.9 Å². The van der Waals surface area contributed by atoms with Crippen LogP contribution in [0.25, 0.3) is 0 Å². The molecule has 2 heteroatoms. The molecule has 0 aromatic carbocycles. The summed E-state index contributed by atoms with van der Waals surface area (Å²) >= 11 is 0. The van der Waals surface area contributed by atoms with Gasteiger partial charge in [0.2, 0.25) is 0 Å². The molecule has 0 aromatic rings. The van der Waals surface area contributed by atoms with Crippen molar-refractivity contribution in [1.29, 1.82) is 0 Å². The summed E-state index contributed by atoms with van der Waals surface area (Å²) in [5, 5.41) is 12.7. The quantitative estimate of drug-likeness (QED) is 0.769. The standard InChI is InChI=1S/C14H25NO/c1-12-5-11-6-13(2,8-12)10-14(7-11,9-12)15-3-4-16/h11,15-16H,3-10H2,1-2H3/t11?,12-,13-,14?/m0/s1. The number of hydrogen-bond donors (Lipinski definition) is 2. The number of hydrogen-bond acceptors (Lipinski definition) is 2. The van der Waals surface area contributed by atoms with Crippen molar-refractivity contribution in [3.8, 4) is 0 Å². The molecule has 4 aliphatic carbocycles. The second kappa shape index (κ2) is 3.23. The summed E-state index contributed by atoms with van der Waals surface area (Å²) in [5.41, 5.74) is 1.53. The smallest absolute Gasteiger partial charge is 0.0556 e. The maximum atomic E-state index is 9.03. The van der Waals surface area contributed by atoms with Crippen molar-refractivity contribution in [1.82, 2.24) is 5.32 Å². The molecule has 0 saturated heterocycles. The fourth-order valence-electron chi connectivity index (χ4n) is 5.97. The summed E-state index contributed by atoms with van der Waals surface area (Å²) < 4.78 is 0. The number of aliphatic hydroxyl groups excluding tert-OH is 1. The molecule has 16 heavy (non-hydrogen) atoms. The molecule has 4 fully saturated rings. The molecule has 0 radical (unpaired) electrons. The molecule has 0 unspecified atom stereocenters. The average Bonchev–Trinajstić information content (AvgIpc) is 2.08. The van der Waals surface area contributed by atoms with Gasteiger partial charge in [-0.25, -0.2) is 0 Å². The molecule has 4 bridgehead atoms. The third kappa shape index (κ3) is 1.62. The lowest BCUT2D eigenvalue weighted by atomic mass is 9.43. The molecule has 0 heterocycles. The zero-order chi connectivity index (χ0) is 11.4. The zero-order valence-electron chi connectivity index (χ0n) is 10.7. The topological polar surface area (TPSA) is 32.3 Å². The van der Waals surface area contributed by atoms with Crippen LogP contribution in [-0.4, -0.2) is 23.8 Å². The first-order valence-corrected chi connectivity index (χ1v) is 6.83. The third-order valence-electron chi connectivity index (χ3n) is 5.24. The van der Waals surface area contributed by atoms with Crippen LogP contribution >= 0.6 is 0 Å². The van der Waals surface area contributed by atoms with Gasteiger partial charge in [-0.1, -0.05) is 13.8 Å².